The Bertz CT molecular complexity index is 281. The maximum absolute atomic E-state index is 11.5. The second-order valence-corrected chi connectivity index (χ2v) is 7.84. The van der Waals surface area contributed by atoms with Gasteiger partial charge >= 0.3 is 0 Å². The summed E-state index contributed by atoms with van der Waals surface area (Å²) < 4.78 is 11.5. The molecule has 1 aliphatic heterocycles. The van der Waals surface area contributed by atoms with Gasteiger partial charge in [-0.15, -0.1) is 0 Å². The molecular formula is C14H30N2OS. The molecule has 1 rings (SSSR count). The van der Waals surface area contributed by atoms with Crippen molar-refractivity contribution < 1.29 is 4.21 Å². The van der Waals surface area contributed by atoms with Crippen LogP contribution in [0.1, 0.15) is 34.6 Å². The van der Waals surface area contributed by atoms with Crippen molar-refractivity contribution in [2.75, 3.05) is 25.1 Å². The lowest BCUT2D eigenvalue weighted by molar-refractivity contribution is 0.0595. The fraction of sp³-hybridized carbons (Fsp3) is 1.00. The Kier molecular flexibility index (Phi) is 6.28. The molecule has 4 atom stereocenters. The normalized spacial score (nSPS) is 29.8. The molecule has 1 saturated heterocycles. The Balaban J connectivity index is 2.74. The largest absolute Gasteiger partial charge is 0.311 e. The van der Waals surface area contributed by atoms with Gasteiger partial charge in [0.2, 0.25) is 0 Å². The molecule has 0 amide bonds. The van der Waals surface area contributed by atoms with Crippen LogP contribution in [0.3, 0.4) is 0 Å². The van der Waals surface area contributed by atoms with Crippen molar-refractivity contribution in [1.29, 1.82) is 0 Å². The number of nitrogens with zero attached hydrogens (tertiary/aromatic N) is 1. The first-order chi connectivity index (χ1) is 8.32. The van der Waals surface area contributed by atoms with E-state index < -0.39 is 10.8 Å². The minimum absolute atomic E-state index is 0.409. The van der Waals surface area contributed by atoms with Gasteiger partial charge in [0.15, 0.2) is 0 Å². The lowest BCUT2D eigenvalue weighted by Gasteiger charge is -2.46. The molecule has 1 heterocycles. The summed E-state index contributed by atoms with van der Waals surface area (Å²) in [7, 11) is -0.710. The molecule has 18 heavy (non-hydrogen) atoms. The summed E-state index contributed by atoms with van der Waals surface area (Å²) in [6, 6.07) is 1.54. The van der Waals surface area contributed by atoms with Gasteiger partial charge in [-0.25, -0.2) is 0 Å². The molecule has 0 bridgehead atoms. The Hall–Kier alpha value is 0.0700. The minimum Gasteiger partial charge on any atom is -0.311 e. The number of rotatable bonds is 5. The average Bonchev–Trinajstić information content (AvgIpc) is 2.26. The molecule has 1 aliphatic rings. The average molecular weight is 274 g/mol. The predicted molar refractivity (Wildman–Crippen MR) is 80.4 cm³/mol. The summed E-state index contributed by atoms with van der Waals surface area (Å²) in [6.45, 7) is 13.5. The molecule has 0 spiro atoms. The SMILES string of the molecule is CC(C)C1CN(C(C)CS(C)=O)C(C(C)C)CN1. The van der Waals surface area contributed by atoms with Gasteiger partial charge in [0.25, 0.3) is 0 Å². The van der Waals surface area contributed by atoms with Crippen LogP contribution in [-0.4, -0.2) is 52.3 Å². The van der Waals surface area contributed by atoms with Crippen LogP contribution in [0.15, 0.2) is 0 Å². The predicted octanol–water partition coefficient (Wildman–Crippen LogP) is 1.71. The maximum Gasteiger partial charge on any atom is 0.0385 e. The number of piperazine rings is 1. The van der Waals surface area contributed by atoms with Crippen LogP contribution in [0, 0.1) is 11.8 Å². The Morgan fingerprint density at radius 3 is 2.28 bits per heavy atom. The van der Waals surface area contributed by atoms with Crippen molar-refractivity contribution in [3.63, 3.8) is 0 Å². The van der Waals surface area contributed by atoms with Crippen LogP contribution in [0.4, 0.5) is 0 Å². The third-order valence-corrected chi connectivity index (χ3v) is 4.99. The van der Waals surface area contributed by atoms with Crippen molar-refractivity contribution >= 4 is 10.8 Å². The van der Waals surface area contributed by atoms with Gasteiger partial charge in [-0.2, -0.15) is 0 Å². The molecule has 0 aliphatic carbocycles. The quantitative estimate of drug-likeness (QED) is 0.828. The van der Waals surface area contributed by atoms with Gasteiger partial charge in [-0.3, -0.25) is 9.11 Å². The van der Waals surface area contributed by atoms with Crippen molar-refractivity contribution in [2.45, 2.75) is 52.7 Å². The molecule has 3 nitrogen and oxygen atoms in total. The highest BCUT2D eigenvalue weighted by molar-refractivity contribution is 7.84. The van der Waals surface area contributed by atoms with Gasteiger partial charge in [-0.1, -0.05) is 27.7 Å². The lowest BCUT2D eigenvalue weighted by atomic mass is 9.93. The van der Waals surface area contributed by atoms with Gasteiger partial charge in [-0.05, 0) is 18.8 Å². The zero-order valence-corrected chi connectivity index (χ0v) is 13.6. The molecule has 0 aromatic rings. The van der Waals surface area contributed by atoms with E-state index in [2.05, 4.69) is 44.8 Å². The van der Waals surface area contributed by atoms with E-state index in [-0.39, 0.29) is 0 Å². The van der Waals surface area contributed by atoms with E-state index >= 15 is 0 Å². The smallest absolute Gasteiger partial charge is 0.0385 e. The van der Waals surface area contributed by atoms with Crippen molar-refractivity contribution in [1.82, 2.24) is 10.2 Å². The van der Waals surface area contributed by atoms with E-state index in [9.17, 15) is 4.21 Å². The van der Waals surface area contributed by atoms with Gasteiger partial charge < -0.3 is 5.32 Å². The van der Waals surface area contributed by atoms with E-state index in [1.807, 2.05) is 6.26 Å². The zero-order valence-electron chi connectivity index (χ0n) is 12.8. The van der Waals surface area contributed by atoms with Crippen molar-refractivity contribution in [2.24, 2.45) is 11.8 Å². The van der Waals surface area contributed by atoms with E-state index in [4.69, 9.17) is 0 Å². The summed E-state index contributed by atoms with van der Waals surface area (Å²) in [6.07, 6.45) is 1.81. The second kappa shape index (κ2) is 7.01. The third-order valence-electron chi connectivity index (χ3n) is 4.04. The monoisotopic (exact) mass is 274 g/mol. The van der Waals surface area contributed by atoms with Crippen LogP contribution in [0.5, 0.6) is 0 Å². The summed E-state index contributed by atoms with van der Waals surface area (Å²) in [4.78, 5) is 2.58. The van der Waals surface area contributed by atoms with Gasteiger partial charge in [0.1, 0.15) is 0 Å². The number of nitrogens with one attached hydrogen (secondary N) is 1. The third kappa shape index (κ3) is 4.32. The highest BCUT2D eigenvalue weighted by Gasteiger charge is 2.33. The summed E-state index contributed by atoms with van der Waals surface area (Å²) >= 11 is 0. The van der Waals surface area contributed by atoms with E-state index in [1.54, 1.807) is 0 Å². The summed E-state index contributed by atoms with van der Waals surface area (Å²) in [5.74, 6) is 2.08. The van der Waals surface area contributed by atoms with Crippen LogP contribution in [-0.2, 0) is 10.8 Å². The topological polar surface area (TPSA) is 32.3 Å². The first-order valence-electron chi connectivity index (χ1n) is 7.12. The molecule has 0 radical (unpaired) electrons. The molecule has 4 heteroatoms. The molecule has 108 valence electrons. The highest BCUT2D eigenvalue weighted by atomic mass is 32.2. The first kappa shape index (κ1) is 16.1. The number of hydrogen-bond acceptors (Lipinski definition) is 3. The molecular weight excluding hydrogens is 244 g/mol. The second-order valence-electron chi connectivity index (χ2n) is 6.36. The van der Waals surface area contributed by atoms with Crippen LogP contribution in [0.25, 0.3) is 0 Å². The van der Waals surface area contributed by atoms with E-state index in [1.165, 1.54) is 0 Å². The Morgan fingerprint density at radius 2 is 1.83 bits per heavy atom. The maximum atomic E-state index is 11.5. The van der Waals surface area contributed by atoms with Crippen LogP contribution in [0.2, 0.25) is 0 Å². The highest BCUT2D eigenvalue weighted by Crippen LogP contribution is 2.21. The van der Waals surface area contributed by atoms with Crippen molar-refractivity contribution in [3.8, 4) is 0 Å². The summed E-state index contributed by atoms with van der Waals surface area (Å²) in [5, 5.41) is 3.67. The zero-order chi connectivity index (χ0) is 13.9. The van der Waals surface area contributed by atoms with E-state index in [0.29, 0.717) is 30.0 Å². The molecule has 0 saturated carbocycles. The summed E-state index contributed by atoms with van der Waals surface area (Å²) in [5.41, 5.74) is 0. The fourth-order valence-electron chi connectivity index (χ4n) is 2.82. The van der Waals surface area contributed by atoms with Crippen LogP contribution < -0.4 is 5.32 Å². The Labute approximate surface area is 115 Å². The number of hydrogen-bond donors (Lipinski definition) is 1. The van der Waals surface area contributed by atoms with Gasteiger partial charge in [0, 0.05) is 54.0 Å². The Morgan fingerprint density at radius 1 is 1.22 bits per heavy atom. The molecule has 0 aromatic heterocycles. The minimum atomic E-state index is -0.710. The fourth-order valence-corrected chi connectivity index (χ4v) is 3.69. The lowest BCUT2D eigenvalue weighted by Crippen LogP contribution is -2.62. The molecule has 1 N–H and O–H groups in total. The van der Waals surface area contributed by atoms with Crippen molar-refractivity contribution in [3.05, 3.63) is 0 Å². The van der Waals surface area contributed by atoms with Gasteiger partial charge in [0.05, 0.1) is 0 Å². The van der Waals surface area contributed by atoms with Crippen LogP contribution >= 0.6 is 0 Å². The molecule has 1 fully saturated rings. The standard InChI is InChI=1S/C14H30N2OS/c1-10(2)13-8-16(12(5)9-18(6)17)14(7-15-13)11(3)4/h10-15H,7-9H2,1-6H3. The first-order valence-corrected chi connectivity index (χ1v) is 8.84. The van der Waals surface area contributed by atoms with E-state index in [0.717, 1.165) is 18.8 Å². The molecule has 0 aromatic carbocycles. The molecule has 4 unspecified atom stereocenters.